The van der Waals surface area contributed by atoms with Crippen LogP contribution in [0.15, 0.2) is 18.2 Å². The Morgan fingerprint density at radius 2 is 2.35 bits per heavy atom. The van der Waals surface area contributed by atoms with Crippen LogP contribution in [0.4, 0.5) is 10.1 Å². The number of hydrogen-bond acceptors (Lipinski definition) is 3. The molecule has 3 nitrogen and oxygen atoms in total. The zero-order chi connectivity index (χ0) is 12.3. The fourth-order valence-electron chi connectivity index (χ4n) is 2.17. The van der Waals surface area contributed by atoms with E-state index < -0.39 is 0 Å². The lowest BCUT2D eigenvalue weighted by molar-refractivity contribution is -0.141. The summed E-state index contributed by atoms with van der Waals surface area (Å²) >= 11 is 0. The molecular weight excluding hydrogens is 221 g/mol. The number of anilines is 1. The lowest BCUT2D eigenvalue weighted by atomic mass is 10.0. The lowest BCUT2D eigenvalue weighted by Gasteiger charge is -2.30. The molecule has 1 aliphatic heterocycles. The minimum Gasteiger partial charge on any atom is -0.465 e. The molecule has 4 heteroatoms. The average molecular weight is 237 g/mol. The second-order valence-electron chi connectivity index (χ2n) is 4.10. The number of aryl methyl sites for hydroxylation is 1. The van der Waals surface area contributed by atoms with Crippen LogP contribution in [0, 0.1) is 5.82 Å². The molecule has 0 saturated carbocycles. The second-order valence-corrected chi connectivity index (χ2v) is 4.10. The van der Waals surface area contributed by atoms with Crippen LogP contribution in [-0.4, -0.2) is 25.7 Å². The van der Waals surface area contributed by atoms with Crippen molar-refractivity contribution in [3.63, 3.8) is 0 Å². The lowest BCUT2D eigenvalue weighted by Crippen LogP contribution is -2.35. The second kappa shape index (κ2) is 5.17. The SMILES string of the molecule is CCOC(=O)CN1CCCc2cc(F)ccc21. The standard InChI is InChI=1S/C13H16FNO2/c1-2-17-13(16)9-15-7-3-4-10-8-11(14)5-6-12(10)15/h5-6,8H,2-4,7,9H2,1H3. The number of benzene rings is 1. The van der Waals surface area contributed by atoms with Gasteiger partial charge in [0.1, 0.15) is 12.4 Å². The van der Waals surface area contributed by atoms with E-state index in [2.05, 4.69) is 0 Å². The molecule has 0 spiro atoms. The molecule has 0 N–H and O–H groups in total. The van der Waals surface area contributed by atoms with Crippen molar-refractivity contribution in [3.05, 3.63) is 29.6 Å². The Morgan fingerprint density at radius 1 is 1.53 bits per heavy atom. The highest BCUT2D eigenvalue weighted by atomic mass is 19.1. The van der Waals surface area contributed by atoms with Gasteiger partial charge >= 0.3 is 5.97 Å². The zero-order valence-corrected chi connectivity index (χ0v) is 9.91. The van der Waals surface area contributed by atoms with Crippen LogP contribution in [0.25, 0.3) is 0 Å². The Balaban J connectivity index is 2.14. The fourth-order valence-corrected chi connectivity index (χ4v) is 2.17. The number of fused-ring (bicyclic) bond motifs is 1. The Bertz CT molecular complexity index is 420. The quantitative estimate of drug-likeness (QED) is 0.754. The minimum absolute atomic E-state index is 0.221. The van der Waals surface area contributed by atoms with Gasteiger partial charge < -0.3 is 9.64 Å². The van der Waals surface area contributed by atoms with Gasteiger partial charge in [-0.15, -0.1) is 0 Å². The Kier molecular flexibility index (Phi) is 3.61. The van der Waals surface area contributed by atoms with E-state index in [1.165, 1.54) is 6.07 Å². The predicted molar refractivity (Wildman–Crippen MR) is 63.6 cm³/mol. The van der Waals surface area contributed by atoms with E-state index >= 15 is 0 Å². The molecule has 17 heavy (non-hydrogen) atoms. The number of esters is 1. The van der Waals surface area contributed by atoms with Crippen molar-refractivity contribution in [3.8, 4) is 0 Å². The molecule has 0 atom stereocenters. The Morgan fingerprint density at radius 3 is 3.12 bits per heavy atom. The largest absolute Gasteiger partial charge is 0.465 e. The highest BCUT2D eigenvalue weighted by Gasteiger charge is 2.19. The van der Waals surface area contributed by atoms with Gasteiger partial charge in [0.15, 0.2) is 0 Å². The van der Waals surface area contributed by atoms with Crippen LogP contribution in [0.5, 0.6) is 0 Å². The van der Waals surface area contributed by atoms with Gasteiger partial charge in [-0.2, -0.15) is 0 Å². The number of hydrogen-bond donors (Lipinski definition) is 0. The van der Waals surface area contributed by atoms with Gasteiger partial charge in [0.25, 0.3) is 0 Å². The molecule has 0 fully saturated rings. The monoisotopic (exact) mass is 237 g/mol. The maximum Gasteiger partial charge on any atom is 0.325 e. The third-order valence-corrected chi connectivity index (χ3v) is 2.88. The summed E-state index contributed by atoms with van der Waals surface area (Å²) < 4.78 is 18.0. The van der Waals surface area contributed by atoms with Crippen molar-refractivity contribution in [1.82, 2.24) is 0 Å². The van der Waals surface area contributed by atoms with Gasteiger partial charge in [-0.25, -0.2) is 4.39 Å². The van der Waals surface area contributed by atoms with Gasteiger partial charge in [-0.3, -0.25) is 4.79 Å². The van der Waals surface area contributed by atoms with E-state index in [1.54, 1.807) is 19.1 Å². The summed E-state index contributed by atoms with van der Waals surface area (Å²) in [5.41, 5.74) is 1.92. The summed E-state index contributed by atoms with van der Waals surface area (Å²) in [7, 11) is 0. The Hall–Kier alpha value is -1.58. The summed E-state index contributed by atoms with van der Waals surface area (Å²) in [5, 5.41) is 0. The topological polar surface area (TPSA) is 29.5 Å². The molecule has 1 aromatic carbocycles. The Labute approximate surface area is 100 Å². The van der Waals surface area contributed by atoms with Crippen molar-refractivity contribution in [2.75, 3.05) is 24.6 Å². The molecule has 0 amide bonds. The summed E-state index contributed by atoms with van der Waals surface area (Å²) in [6.45, 7) is 3.24. The van der Waals surface area contributed by atoms with Gasteiger partial charge in [0, 0.05) is 12.2 Å². The number of rotatable bonds is 3. The third-order valence-electron chi connectivity index (χ3n) is 2.88. The predicted octanol–water partition coefficient (Wildman–Crippen LogP) is 2.14. The molecule has 1 aliphatic rings. The number of carbonyl (C=O) groups excluding carboxylic acids is 1. The molecule has 0 radical (unpaired) electrons. The molecule has 92 valence electrons. The first-order chi connectivity index (χ1) is 8.20. The summed E-state index contributed by atoms with van der Waals surface area (Å²) in [6.07, 6.45) is 1.81. The summed E-state index contributed by atoms with van der Waals surface area (Å²) in [5.74, 6) is -0.452. The molecule has 1 heterocycles. The first-order valence-corrected chi connectivity index (χ1v) is 5.89. The van der Waals surface area contributed by atoms with Gasteiger partial charge in [0.05, 0.1) is 6.61 Å². The first kappa shape index (κ1) is 11.9. The number of carbonyl (C=O) groups is 1. The summed E-state index contributed by atoms with van der Waals surface area (Å²) in [4.78, 5) is 13.4. The van der Waals surface area contributed by atoms with Crippen LogP contribution in [0.1, 0.15) is 18.9 Å². The molecule has 0 unspecified atom stereocenters. The first-order valence-electron chi connectivity index (χ1n) is 5.89. The molecule has 1 aromatic rings. The maximum atomic E-state index is 13.1. The molecular formula is C13H16FNO2. The minimum atomic E-state index is -0.232. The van der Waals surface area contributed by atoms with E-state index in [0.717, 1.165) is 30.6 Å². The van der Waals surface area contributed by atoms with Gasteiger partial charge in [0.2, 0.25) is 0 Å². The van der Waals surface area contributed by atoms with Gasteiger partial charge in [-0.1, -0.05) is 0 Å². The smallest absolute Gasteiger partial charge is 0.325 e. The fraction of sp³-hybridized carbons (Fsp3) is 0.462. The summed E-state index contributed by atoms with van der Waals surface area (Å²) in [6, 6.07) is 4.72. The number of nitrogens with zero attached hydrogens (tertiary/aromatic N) is 1. The molecule has 0 aliphatic carbocycles. The van der Waals surface area contributed by atoms with Crippen LogP contribution in [-0.2, 0) is 16.0 Å². The van der Waals surface area contributed by atoms with Crippen LogP contribution >= 0.6 is 0 Å². The molecule has 0 bridgehead atoms. The van der Waals surface area contributed by atoms with Crippen molar-refractivity contribution in [2.24, 2.45) is 0 Å². The maximum absolute atomic E-state index is 13.1. The highest BCUT2D eigenvalue weighted by molar-refractivity contribution is 5.76. The molecule has 0 saturated heterocycles. The average Bonchev–Trinajstić information content (AvgIpc) is 2.29. The van der Waals surface area contributed by atoms with Crippen LogP contribution < -0.4 is 4.90 Å². The molecule has 2 rings (SSSR count). The normalized spacial score (nSPS) is 14.4. The van der Waals surface area contributed by atoms with Crippen LogP contribution in [0.3, 0.4) is 0 Å². The number of halogens is 1. The van der Waals surface area contributed by atoms with E-state index in [1.807, 2.05) is 4.90 Å². The van der Waals surface area contributed by atoms with E-state index in [0.29, 0.717) is 6.61 Å². The third kappa shape index (κ3) is 2.75. The van der Waals surface area contributed by atoms with Crippen molar-refractivity contribution >= 4 is 11.7 Å². The van der Waals surface area contributed by atoms with Gasteiger partial charge in [-0.05, 0) is 43.5 Å². The van der Waals surface area contributed by atoms with Crippen molar-refractivity contribution < 1.29 is 13.9 Å². The zero-order valence-electron chi connectivity index (χ0n) is 9.91. The number of ether oxygens (including phenoxy) is 1. The van der Waals surface area contributed by atoms with Crippen LogP contribution in [0.2, 0.25) is 0 Å². The van der Waals surface area contributed by atoms with Crippen molar-refractivity contribution in [1.29, 1.82) is 0 Å². The van der Waals surface area contributed by atoms with E-state index in [9.17, 15) is 9.18 Å². The van der Waals surface area contributed by atoms with Crippen molar-refractivity contribution in [2.45, 2.75) is 19.8 Å². The molecule has 0 aromatic heterocycles. The van der Waals surface area contributed by atoms with E-state index in [4.69, 9.17) is 4.74 Å². The highest BCUT2D eigenvalue weighted by Crippen LogP contribution is 2.27. The van der Waals surface area contributed by atoms with E-state index in [-0.39, 0.29) is 18.3 Å².